The zero-order valence-corrected chi connectivity index (χ0v) is 18.8. The molecule has 0 unspecified atom stereocenters. The van der Waals surface area contributed by atoms with Gasteiger partial charge in [-0.2, -0.15) is 0 Å². The summed E-state index contributed by atoms with van der Waals surface area (Å²) in [5, 5.41) is 3.30. The first-order chi connectivity index (χ1) is 14.3. The third-order valence-electron chi connectivity index (χ3n) is 5.76. The van der Waals surface area contributed by atoms with Gasteiger partial charge in [0.05, 0.1) is 11.7 Å². The van der Waals surface area contributed by atoms with Crippen molar-refractivity contribution in [3.8, 4) is 0 Å². The van der Waals surface area contributed by atoms with Crippen LogP contribution in [0, 0.1) is 11.3 Å². The Balaban J connectivity index is 1.63. The number of benzene rings is 1. The maximum Gasteiger partial charge on any atom is 0.225 e. The van der Waals surface area contributed by atoms with Crippen molar-refractivity contribution in [2.75, 3.05) is 19.6 Å². The van der Waals surface area contributed by atoms with Crippen LogP contribution in [-0.4, -0.2) is 35.4 Å². The number of carbonyl (C=O) groups excluding carboxylic acids is 1. The first-order valence-corrected chi connectivity index (χ1v) is 11.0. The summed E-state index contributed by atoms with van der Waals surface area (Å²) in [7, 11) is 0. The van der Waals surface area contributed by atoms with Gasteiger partial charge in [-0.25, -0.2) is 0 Å². The molecular formula is C26H35N3O. The summed E-state index contributed by atoms with van der Waals surface area (Å²) >= 11 is 0. The number of amides is 1. The van der Waals surface area contributed by atoms with E-state index in [-0.39, 0.29) is 11.9 Å². The van der Waals surface area contributed by atoms with E-state index in [0.29, 0.717) is 5.92 Å². The van der Waals surface area contributed by atoms with Crippen LogP contribution in [0.3, 0.4) is 0 Å². The molecule has 0 saturated carbocycles. The average molecular weight is 406 g/mol. The van der Waals surface area contributed by atoms with E-state index in [4.69, 9.17) is 0 Å². The summed E-state index contributed by atoms with van der Waals surface area (Å²) in [6, 6.07) is 16.4. The van der Waals surface area contributed by atoms with Crippen molar-refractivity contribution in [2.45, 2.75) is 46.6 Å². The molecule has 1 saturated heterocycles. The van der Waals surface area contributed by atoms with E-state index in [9.17, 15) is 4.79 Å². The molecule has 1 aromatic carbocycles. The minimum Gasteiger partial charge on any atom is -0.347 e. The predicted octanol–water partition coefficient (Wildman–Crippen LogP) is 5.10. The molecule has 30 heavy (non-hydrogen) atoms. The van der Waals surface area contributed by atoms with Crippen LogP contribution < -0.4 is 5.32 Å². The number of aromatic nitrogens is 1. The highest BCUT2D eigenvalue weighted by molar-refractivity contribution is 5.81. The van der Waals surface area contributed by atoms with Crippen molar-refractivity contribution in [3.05, 3.63) is 71.6 Å². The molecular weight excluding hydrogens is 370 g/mol. The van der Waals surface area contributed by atoms with Crippen LogP contribution >= 0.6 is 0 Å². The zero-order chi connectivity index (χ0) is 21.6. The molecule has 0 bridgehead atoms. The van der Waals surface area contributed by atoms with Gasteiger partial charge in [-0.1, -0.05) is 68.8 Å². The molecule has 160 valence electrons. The fraction of sp³-hybridized carbons (Fsp3) is 0.462. The Morgan fingerprint density at radius 3 is 2.40 bits per heavy atom. The number of nitrogens with one attached hydrogen (secondary N) is 1. The molecule has 0 radical (unpaired) electrons. The maximum absolute atomic E-state index is 12.7. The van der Waals surface area contributed by atoms with Gasteiger partial charge in [-0.15, -0.1) is 0 Å². The normalized spacial score (nSPS) is 17.5. The lowest BCUT2D eigenvalue weighted by molar-refractivity contribution is -0.129. The molecule has 0 aliphatic carbocycles. The minimum absolute atomic E-state index is 0.0268. The van der Waals surface area contributed by atoms with E-state index >= 15 is 0 Å². The smallest absolute Gasteiger partial charge is 0.225 e. The number of likely N-dealkylation sites (tertiary alicyclic amines) is 1. The number of nitrogens with zero attached hydrogens (tertiary/aromatic N) is 2. The van der Waals surface area contributed by atoms with Gasteiger partial charge in [-0.3, -0.25) is 14.7 Å². The minimum atomic E-state index is -0.410. The van der Waals surface area contributed by atoms with E-state index in [1.165, 1.54) is 11.1 Å². The predicted molar refractivity (Wildman–Crippen MR) is 124 cm³/mol. The monoisotopic (exact) mass is 405 g/mol. The molecule has 1 amide bonds. The van der Waals surface area contributed by atoms with Gasteiger partial charge in [0.25, 0.3) is 0 Å². The van der Waals surface area contributed by atoms with Gasteiger partial charge in [0, 0.05) is 18.2 Å². The van der Waals surface area contributed by atoms with Crippen LogP contribution in [0.15, 0.2) is 60.3 Å². The Kier molecular flexibility index (Phi) is 7.43. The molecule has 1 N–H and O–H groups in total. The van der Waals surface area contributed by atoms with E-state index in [1.807, 2.05) is 51.2 Å². The maximum atomic E-state index is 12.7. The van der Waals surface area contributed by atoms with Crippen molar-refractivity contribution in [3.63, 3.8) is 0 Å². The number of rotatable bonds is 6. The van der Waals surface area contributed by atoms with Crippen LogP contribution in [0.25, 0.3) is 6.08 Å². The highest BCUT2D eigenvalue weighted by atomic mass is 16.2. The number of hydrogen-bond acceptors (Lipinski definition) is 3. The van der Waals surface area contributed by atoms with Crippen molar-refractivity contribution in [1.82, 2.24) is 15.2 Å². The Morgan fingerprint density at radius 2 is 1.80 bits per heavy atom. The summed E-state index contributed by atoms with van der Waals surface area (Å²) in [6.07, 6.45) is 6.21. The quantitative estimate of drug-likeness (QED) is 0.727. The molecule has 3 rings (SSSR count). The number of carbonyl (C=O) groups is 1. The first-order valence-electron chi connectivity index (χ1n) is 11.0. The summed E-state index contributed by atoms with van der Waals surface area (Å²) in [6.45, 7) is 11.2. The van der Waals surface area contributed by atoms with Gasteiger partial charge in [0.15, 0.2) is 0 Å². The molecule has 4 heteroatoms. The average Bonchev–Trinajstić information content (AvgIpc) is 2.73. The summed E-state index contributed by atoms with van der Waals surface area (Å²) in [5.41, 5.74) is 3.19. The molecule has 1 aromatic heterocycles. The van der Waals surface area contributed by atoms with Crippen LogP contribution in [0.2, 0.25) is 0 Å². The Hall–Kier alpha value is -2.46. The molecule has 4 nitrogen and oxygen atoms in total. The third-order valence-corrected chi connectivity index (χ3v) is 5.76. The summed E-state index contributed by atoms with van der Waals surface area (Å²) in [5.74, 6) is 0.489. The molecule has 1 aliphatic heterocycles. The van der Waals surface area contributed by atoms with Gasteiger partial charge < -0.3 is 5.32 Å². The van der Waals surface area contributed by atoms with Crippen LogP contribution in [0.5, 0.6) is 0 Å². The Bertz CT molecular complexity index is 832. The second kappa shape index (κ2) is 10.0. The lowest BCUT2D eigenvalue weighted by atomic mass is 9.85. The summed E-state index contributed by atoms with van der Waals surface area (Å²) in [4.78, 5) is 19.8. The molecule has 1 atom stereocenters. The fourth-order valence-electron chi connectivity index (χ4n) is 4.03. The van der Waals surface area contributed by atoms with Crippen molar-refractivity contribution in [2.24, 2.45) is 11.3 Å². The molecule has 0 spiro atoms. The van der Waals surface area contributed by atoms with Gasteiger partial charge >= 0.3 is 0 Å². The van der Waals surface area contributed by atoms with E-state index in [1.54, 1.807) is 0 Å². The SMILES string of the molecule is C/C(=C\c1ccccc1)CN1CCC([C@@H](NC(=O)C(C)(C)C)c2ccccn2)CC1. The molecule has 2 aromatic rings. The van der Waals surface area contributed by atoms with E-state index < -0.39 is 5.41 Å². The van der Waals surface area contributed by atoms with Crippen LogP contribution in [0.1, 0.15) is 57.8 Å². The van der Waals surface area contributed by atoms with Gasteiger partial charge in [0.1, 0.15) is 0 Å². The van der Waals surface area contributed by atoms with Crippen LogP contribution in [0.4, 0.5) is 0 Å². The number of piperidine rings is 1. The van der Waals surface area contributed by atoms with Crippen LogP contribution in [-0.2, 0) is 4.79 Å². The second-order valence-electron chi connectivity index (χ2n) is 9.47. The largest absolute Gasteiger partial charge is 0.347 e. The highest BCUT2D eigenvalue weighted by Gasteiger charge is 2.32. The summed E-state index contributed by atoms with van der Waals surface area (Å²) < 4.78 is 0. The fourth-order valence-corrected chi connectivity index (χ4v) is 4.03. The lowest BCUT2D eigenvalue weighted by Crippen LogP contribution is -2.44. The standard InChI is InChI=1S/C26H35N3O/c1-20(18-21-10-6-5-7-11-21)19-29-16-13-22(14-17-29)24(23-12-8-9-15-27-23)28-25(30)26(2,3)4/h5-12,15,18,22,24H,13-14,16-17,19H2,1-4H3,(H,28,30)/b20-18+/t24-/m1/s1. The lowest BCUT2D eigenvalue weighted by Gasteiger charge is -2.37. The zero-order valence-electron chi connectivity index (χ0n) is 18.8. The third kappa shape index (κ3) is 6.27. The van der Waals surface area contributed by atoms with Crippen molar-refractivity contribution in [1.29, 1.82) is 0 Å². The van der Waals surface area contributed by atoms with E-state index in [0.717, 1.165) is 38.2 Å². The van der Waals surface area contributed by atoms with Crippen molar-refractivity contribution < 1.29 is 4.79 Å². The highest BCUT2D eigenvalue weighted by Crippen LogP contribution is 2.31. The molecule has 1 fully saturated rings. The second-order valence-corrected chi connectivity index (χ2v) is 9.47. The van der Waals surface area contributed by atoms with Crippen molar-refractivity contribution >= 4 is 12.0 Å². The van der Waals surface area contributed by atoms with E-state index in [2.05, 4.69) is 52.5 Å². The van der Waals surface area contributed by atoms with Gasteiger partial charge in [-0.05, 0) is 56.5 Å². The molecule has 2 heterocycles. The topological polar surface area (TPSA) is 45.2 Å². The Labute approximate surface area is 181 Å². The van der Waals surface area contributed by atoms with Gasteiger partial charge in [0.2, 0.25) is 5.91 Å². The molecule has 1 aliphatic rings. The first kappa shape index (κ1) is 22.2. The Morgan fingerprint density at radius 1 is 1.13 bits per heavy atom. The number of hydrogen-bond donors (Lipinski definition) is 1. The number of pyridine rings is 1.